The normalized spacial score (nSPS) is 20.9. The minimum atomic E-state index is -4.70. The van der Waals surface area contributed by atoms with Gasteiger partial charge in [-0.1, -0.05) is 13.3 Å². The predicted octanol–water partition coefficient (Wildman–Crippen LogP) is -1.42. The molecule has 0 fully saturated rings. The Balaban J connectivity index is 0.00000200. The molecule has 2 atom stereocenters. The first-order valence-electron chi connectivity index (χ1n) is 5.81. The monoisotopic (exact) mass is 346 g/mol. The van der Waals surface area contributed by atoms with Crippen LogP contribution in [0.4, 0.5) is 0 Å². The molecule has 0 radical (unpaired) electrons. The topological polar surface area (TPSA) is 84.9 Å². The van der Waals surface area contributed by atoms with E-state index in [2.05, 4.69) is 0 Å². The Morgan fingerprint density at radius 2 is 2.15 bits per heavy atom. The molecule has 1 aliphatic rings. The van der Waals surface area contributed by atoms with E-state index in [1.807, 2.05) is 0 Å². The van der Waals surface area contributed by atoms with Crippen LogP contribution in [0.1, 0.15) is 19.8 Å². The number of rotatable bonds is 5. The Bertz CT molecular complexity index is 543. The molecule has 1 aliphatic heterocycles. The van der Waals surface area contributed by atoms with Gasteiger partial charge >= 0.3 is 51.4 Å². The van der Waals surface area contributed by atoms with Crippen LogP contribution in [0.2, 0.25) is 0 Å². The summed E-state index contributed by atoms with van der Waals surface area (Å²) in [5.74, 6) is 1.01. The number of ether oxygens (including phenoxy) is 3. The van der Waals surface area contributed by atoms with Gasteiger partial charge in [0, 0.05) is 17.9 Å². The van der Waals surface area contributed by atoms with Crippen LogP contribution in [0.25, 0.3) is 0 Å². The van der Waals surface area contributed by atoms with Gasteiger partial charge in [0.2, 0.25) is 0 Å². The molecule has 108 valence electrons. The molecule has 0 spiro atoms. The Morgan fingerprint density at radius 1 is 1.50 bits per heavy atom. The summed E-state index contributed by atoms with van der Waals surface area (Å²) < 4.78 is 50.9. The molecule has 1 aromatic rings. The quantitative estimate of drug-likeness (QED) is 0.481. The second-order valence-corrected chi connectivity index (χ2v) is 6.58. The summed E-state index contributed by atoms with van der Waals surface area (Å²) >= 11 is 1.38. The van der Waals surface area contributed by atoms with E-state index in [0.717, 1.165) is 0 Å². The fourth-order valence-electron chi connectivity index (χ4n) is 2.17. The molecular weight excluding hydrogens is 331 g/mol. The maximum Gasteiger partial charge on any atom is 1.00 e. The van der Waals surface area contributed by atoms with Gasteiger partial charge in [0.1, 0.15) is 16.7 Å². The van der Waals surface area contributed by atoms with Crippen LogP contribution in [-0.4, -0.2) is 37.7 Å². The van der Waals surface area contributed by atoms with Gasteiger partial charge in [-0.05, 0) is 6.42 Å². The first-order chi connectivity index (χ1) is 8.94. The smallest absolute Gasteiger partial charge is 0.746 e. The molecular formula is C11H15KO6S2. The molecule has 20 heavy (non-hydrogen) atoms. The Morgan fingerprint density at radius 3 is 2.70 bits per heavy atom. The van der Waals surface area contributed by atoms with Gasteiger partial charge in [0.15, 0.2) is 22.5 Å². The van der Waals surface area contributed by atoms with Gasteiger partial charge < -0.3 is 18.8 Å². The molecule has 2 heterocycles. The van der Waals surface area contributed by atoms with Crippen LogP contribution in [0.5, 0.6) is 11.5 Å². The standard InChI is InChI=1S/C11H16O6S2.K/c1-3-4-11(15-2,19(12,13)14)10-5-16-8-6-18-7-9(8)17-10;/h6-7,10H,3-5H2,1-2H3,(H,12,13,14);/q;+1/p-1. The van der Waals surface area contributed by atoms with Crippen molar-refractivity contribution in [3.8, 4) is 11.5 Å². The van der Waals surface area contributed by atoms with E-state index in [1.54, 1.807) is 17.7 Å². The van der Waals surface area contributed by atoms with Gasteiger partial charge in [-0.25, -0.2) is 8.42 Å². The minimum absolute atomic E-state index is 0. The van der Waals surface area contributed by atoms with E-state index in [0.29, 0.717) is 17.9 Å². The fraction of sp³-hybridized carbons (Fsp3) is 0.636. The Labute approximate surface area is 165 Å². The number of methoxy groups -OCH3 is 1. The average molecular weight is 346 g/mol. The molecule has 0 saturated heterocycles. The maximum absolute atomic E-state index is 11.6. The molecule has 2 unspecified atom stereocenters. The van der Waals surface area contributed by atoms with Crippen LogP contribution in [0.15, 0.2) is 10.8 Å². The van der Waals surface area contributed by atoms with Crippen molar-refractivity contribution in [3.05, 3.63) is 10.8 Å². The zero-order chi connectivity index (χ0) is 14.1. The summed E-state index contributed by atoms with van der Waals surface area (Å²) in [6.07, 6.45) is -0.434. The summed E-state index contributed by atoms with van der Waals surface area (Å²) in [5.41, 5.74) is 0. The second-order valence-electron chi connectivity index (χ2n) is 4.24. The van der Waals surface area contributed by atoms with E-state index in [4.69, 9.17) is 14.2 Å². The summed E-state index contributed by atoms with van der Waals surface area (Å²) in [7, 11) is -3.49. The Kier molecular flexibility index (Phi) is 6.96. The summed E-state index contributed by atoms with van der Waals surface area (Å²) in [4.78, 5) is -1.92. The minimum Gasteiger partial charge on any atom is -0.746 e. The van der Waals surface area contributed by atoms with Crippen molar-refractivity contribution >= 4 is 21.5 Å². The summed E-state index contributed by atoms with van der Waals surface area (Å²) in [5, 5.41) is 3.46. The van der Waals surface area contributed by atoms with Gasteiger partial charge in [-0.15, -0.1) is 11.3 Å². The fourth-order valence-corrected chi connectivity index (χ4v) is 3.93. The third kappa shape index (κ3) is 3.41. The molecule has 2 rings (SSSR count). The van der Waals surface area contributed by atoms with Crippen molar-refractivity contribution in [3.63, 3.8) is 0 Å². The maximum atomic E-state index is 11.6. The molecule has 0 aliphatic carbocycles. The SMILES string of the molecule is CCCC(OC)(C1COc2cscc2O1)S(=O)(=O)[O-].[K+]. The number of thiophene rings is 1. The van der Waals surface area contributed by atoms with Crippen LogP contribution in [-0.2, 0) is 14.9 Å². The number of hydrogen-bond acceptors (Lipinski definition) is 7. The summed E-state index contributed by atoms with van der Waals surface area (Å²) in [6, 6.07) is 0. The van der Waals surface area contributed by atoms with E-state index in [9.17, 15) is 13.0 Å². The second kappa shape index (κ2) is 7.38. The van der Waals surface area contributed by atoms with Gasteiger partial charge in [0.05, 0.1) is 0 Å². The van der Waals surface area contributed by atoms with Crippen molar-refractivity contribution in [1.82, 2.24) is 0 Å². The Hall–Kier alpha value is 0.806. The van der Waals surface area contributed by atoms with Crippen molar-refractivity contribution in [2.45, 2.75) is 30.8 Å². The van der Waals surface area contributed by atoms with Gasteiger partial charge in [-0.2, -0.15) is 0 Å². The zero-order valence-corrected chi connectivity index (χ0v) is 16.4. The molecule has 0 N–H and O–H groups in total. The van der Waals surface area contributed by atoms with Gasteiger partial charge in [0.25, 0.3) is 0 Å². The predicted molar refractivity (Wildman–Crippen MR) is 68.6 cm³/mol. The van der Waals surface area contributed by atoms with Crippen LogP contribution in [0, 0.1) is 0 Å². The third-order valence-corrected chi connectivity index (χ3v) is 5.29. The van der Waals surface area contributed by atoms with Crippen molar-refractivity contribution in [2.75, 3.05) is 13.7 Å². The van der Waals surface area contributed by atoms with E-state index >= 15 is 0 Å². The molecule has 9 heteroatoms. The summed E-state index contributed by atoms with van der Waals surface area (Å²) in [6.45, 7) is 1.75. The van der Waals surface area contributed by atoms with Crippen molar-refractivity contribution in [1.29, 1.82) is 0 Å². The first kappa shape index (κ1) is 18.9. The van der Waals surface area contributed by atoms with Crippen molar-refractivity contribution in [2.24, 2.45) is 0 Å². The molecule has 6 nitrogen and oxygen atoms in total. The number of hydrogen-bond donors (Lipinski definition) is 0. The largest absolute Gasteiger partial charge is 1.00 e. The van der Waals surface area contributed by atoms with E-state index in [-0.39, 0.29) is 64.4 Å². The van der Waals surface area contributed by atoms with Crippen LogP contribution < -0.4 is 60.9 Å². The van der Waals surface area contributed by atoms with E-state index in [1.165, 1.54) is 18.4 Å². The van der Waals surface area contributed by atoms with Gasteiger partial charge in [-0.3, -0.25) is 0 Å². The molecule has 0 amide bonds. The number of fused-ring (bicyclic) bond motifs is 1. The van der Waals surface area contributed by atoms with Crippen molar-refractivity contribution < 1.29 is 78.6 Å². The molecule has 0 saturated carbocycles. The van der Waals surface area contributed by atoms with Crippen LogP contribution >= 0.6 is 11.3 Å². The average Bonchev–Trinajstić information content (AvgIpc) is 2.81. The van der Waals surface area contributed by atoms with Crippen LogP contribution in [0.3, 0.4) is 0 Å². The molecule has 0 aromatic carbocycles. The molecule has 1 aromatic heterocycles. The van der Waals surface area contributed by atoms with E-state index < -0.39 is 21.2 Å². The zero-order valence-electron chi connectivity index (χ0n) is 11.6. The third-order valence-electron chi connectivity index (χ3n) is 3.11. The first-order valence-corrected chi connectivity index (χ1v) is 8.16. The molecule has 0 bridgehead atoms.